The lowest BCUT2D eigenvalue weighted by atomic mass is 9.81. The quantitative estimate of drug-likeness (QED) is 0.585. The van der Waals surface area contributed by atoms with E-state index >= 15 is 0 Å². The van der Waals surface area contributed by atoms with Crippen LogP contribution in [0.25, 0.3) is 10.9 Å². The molecule has 1 aromatic heterocycles. The Morgan fingerprint density at radius 1 is 1.13 bits per heavy atom. The van der Waals surface area contributed by atoms with Crippen LogP contribution in [0, 0.1) is 20.8 Å². The van der Waals surface area contributed by atoms with E-state index in [1.165, 1.54) is 16.7 Å². The molecule has 3 heterocycles. The number of hydrogen-bond acceptors (Lipinski definition) is 4. The summed E-state index contributed by atoms with van der Waals surface area (Å²) in [6.07, 6.45) is 3.28. The van der Waals surface area contributed by atoms with Gasteiger partial charge in [-0.1, -0.05) is 11.6 Å². The van der Waals surface area contributed by atoms with Gasteiger partial charge in [0, 0.05) is 54.3 Å². The van der Waals surface area contributed by atoms with Crippen LogP contribution >= 0.6 is 0 Å². The van der Waals surface area contributed by atoms with E-state index in [0.29, 0.717) is 13.0 Å². The lowest BCUT2D eigenvalue weighted by Crippen LogP contribution is -2.51. The van der Waals surface area contributed by atoms with Crippen molar-refractivity contribution < 1.29 is 14.9 Å². The van der Waals surface area contributed by atoms with E-state index in [-0.39, 0.29) is 5.60 Å². The van der Waals surface area contributed by atoms with Crippen molar-refractivity contribution in [3.8, 4) is 5.75 Å². The predicted octanol–water partition coefficient (Wildman–Crippen LogP) is 4.48. The van der Waals surface area contributed by atoms with Crippen molar-refractivity contribution in [3.05, 3.63) is 64.3 Å². The molecule has 0 radical (unpaired) electrons. The molecule has 1 fully saturated rings. The van der Waals surface area contributed by atoms with Crippen LogP contribution in [0.15, 0.2) is 36.5 Å². The number of aryl methyl sites for hydroxylation is 3. The van der Waals surface area contributed by atoms with E-state index in [0.717, 1.165) is 53.7 Å². The molecule has 1 saturated heterocycles. The van der Waals surface area contributed by atoms with Crippen molar-refractivity contribution in [2.75, 3.05) is 19.6 Å². The lowest BCUT2D eigenvalue weighted by molar-refractivity contribution is -0.0587. The molecule has 2 aromatic carbocycles. The Morgan fingerprint density at radius 2 is 1.87 bits per heavy atom. The van der Waals surface area contributed by atoms with Crippen molar-refractivity contribution in [2.24, 2.45) is 0 Å². The zero-order valence-corrected chi connectivity index (χ0v) is 18.6. The third-order valence-electron chi connectivity index (χ3n) is 7.30. The Balaban J connectivity index is 1.27. The fourth-order valence-corrected chi connectivity index (χ4v) is 5.22. The van der Waals surface area contributed by atoms with Crippen molar-refractivity contribution >= 4 is 10.9 Å². The summed E-state index contributed by atoms with van der Waals surface area (Å²) >= 11 is 0. The van der Waals surface area contributed by atoms with Gasteiger partial charge in [-0.15, -0.1) is 0 Å². The van der Waals surface area contributed by atoms with Crippen molar-refractivity contribution in [3.63, 3.8) is 0 Å². The van der Waals surface area contributed by atoms with Gasteiger partial charge in [-0.25, -0.2) is 0 Å². The van der Waals surface area contributed by atoms with Crippen LogP contribution in [-0.4, -0.2) is 45.3 Å². The Bertz CT molecular complexity index is 1110. The van der Waals surface area contributed by atoms with Gasteiger partial charge < -0.3 is 24.8 Å². The summed E-state index contributed by atoms with van der Waals surface area (Å²) in [4.78, 5) is 5.59. The first-order chi connectivity index (χ1) is 14.8. The zero-order chi connectivity index (χ0) is 21.8. The summed E-state index contributed by atoms with van der Waals surface area (Å²) in [5, 5.41) is 22.9. The Labute approximate surface area is 183 Å². The van der Waals surface area contributed by atoms with E-state index in [9.17, 15) is 10.2 Å². The molecule has 5 nitrogen and oxygen atoms in total. The van der Waals surface area contributed by atoms with Gasteiger partial charge in [0.15, 0.2) is 0 Å². The number of piperidine rings is 1. The highest BCUT2D eigenvalue weighted by atomic mass is 16.5. The van der Waals surface area contributed by atoms with E-state index in [1.807, 2.05) is 6.20 Å². The molecule has 0 saturated carbocycles. The van der Waals surface area contributed by atoms with Gasteiger partial charge in [0.25, 0.3) is 0 Å². The number of aliphatic hydroxyl groups excluding tert-OH is 2. The number of fused-ring (bicyclic) bond motifs is 2. The first-order valence-corrected chi connectivity index (χ1v) is 11.3. The Hall–Kier alpha value is -2.34. The molecule has 0 aliphatic carbocycles. The number of H-pyrrole nitrogens is 1. The second-order valence-corrected chi connectivity index (χ2v) is 9.59. The molecule has 3 N–H and O–H groups in total. The molecular formula is C26H32N2O3. The van der Waals surface area contributed by atoms with Crippen LogP contribution in [0.5, 0.6) is 5.75 Å². The summed E-state index contributed by atoms with van der Waals surface area (Å²) in [6, 6.07) is 10.4. The summed E-state index contributed by atoms with van der Waals surface area (Å²) in [6.45, 7) is 8.55. The van der Waals surface area contributed by atoms with E-state index in [4.69, 9.17) is 4.74 Å². The number of aliphatic hydroxyl groups is 2. The second kappa shape index (κ2) is 7.66. The number of rotatable bonds is 3. The molecule has 2 atom stereocenters. The average molecular weight is 421 g/mol. The minimum Gasteiger partial charge on any atom is -0.487 e. The summed E-state index contributed by atoms with van der Waals surface area (Å²) in [7, 11) is 0. The minimum atomic E-state index is -0.534. The van der Waals surface area contributed by atoms with Gasteiger partial charge >= 0.3 is 0 Å². The Kier molecular flexibility index (Phi) is 5.08. The second-order valence-electron chi connectivity index (χ2n) is 9.59. The SMILES string of the molecule is Cc1ccc2[nH]cc(C(O)CN3CCC4(CC3)CC(O)c3cc(C)c(C)cc3O4)c2c1. The number of ether oxygens (including phenoxy) is 1. The molecule has 2 aliphatic heterocycles. The van der Waals surface area contributed by atoms with Crippen molar-refractivity contribution in [1.82, 2.24) is 9.88 Å². The first-order valence-electron chi connectivity index (χ1n) is 11.3. The molecule has 164 valence electrons. The number of aromatic nitrogens is 1. The van der Waals surface area contributed by atoms with Crippen LogP contribution in [0.4, 0.5) is 0 Å². The predicted molar refractivity (Wildman–Crippen MR) is 123 cm³/mol. The number of nitrogens with one attached hydrogen (secondary N) is 1. The minimum absolute atomic E-state index is 0.312. The zero-order valence-electron chi connectivity index (χ0n) is 18.6. The van der Waals surface area contributed by atoms with E-state index in [2.05, 4.69) is 61.0 Å². The van der Waals surface area contributed by atoms with Gasteiger partial charge in [-0.2, -0.15) is 0 Å². The monoisotopic (exact) mass is 420 g/mol. The van der Waals surface area contributed by atoms with Crippen LogP contribution in [0.2, 0.25) is 0 Å². The van der Waals surface area contributed by atoms with Gasteiger partial charge in [0.1, 0.15) is 11.4 Å². The smallest absolute Gasteiger partial charge is 0.126 e. The highest BCUT2D eigenvalue weighted by Crippen LogP contribution is 2.45. The maximum Gasteiger partial charge on any atom is 0.126 e. The normalized spacial score (nSPS) is 21.8. The van der Waals surface area contributed by atoms with Crippen molar-refractivity contribution in [2.45, 2.75) is 57.8 Å². The number of likely N-dealkylation sites (tertiary alicyclic amines) is 1. The summed E-state index contributed by atoms with van der Waals surface area (Å²) in [5.74, 6) is 0.837. The third-order valence-corrected chi connectivity index (χ3v) is 7.30. The lowest BCUT2D eigenvalue weighted by Gasteiger charge is -2.46. The first kappa shape index (κ1) is 20.6. The third kappa shape index (κ3) is 3.75. The number of benzene rings is 2. The van der Waals surface area contributed by atoms with Crippen LogP contribution in [-0.2, 0) is 0 Å². The van der Waals surface area contributed by atoms with E-state index < -0.39 is 12.2 Å². The fraction of sp³-hybridized carbons (Fsp3) is 0.462. The average Bonchev–Trinajstić information content (AvgIpc) is 3.15. The summed E-state index contributed by atoms with van der Waals surface area (Å²) < 4.78 is 6.51. The highest BCUT2D eigenvalue weighted by molar-refractivity contribution is 5.84. The molecular weight excluding hydrogens is 388 g/mol. The molecule has 2 unspecified atom stereocenters. The molecule has 3 aromatic rings. The van der Waals surface area contributed by atoms with Gasteiger partial charge in [0.05, 0.1) is 12.2 Å². The molecule has 1 spiro atoms. The van der Waals surface area contributed by atoms with Crippen LogP contribution in [0.3, 0.4) is 0 Å². The maximum absolute atomic E-state index is 10.9. The number of nitrogens with zero attached hydrogens (tertiary/aromatic N) is 1. The van der Waals surface area contributed by atoms with Gasteiger partial charge in [-0.3, -0.25) is 0 Å². The van der Waals surface area contributed by atoms with Crippen LogP contribution < -0.4 is 4.74 Å². The maximum atomic E-state index is 10.9. The molecule has 2 aliphatic rings. The van der Waals surface area contributed by atoms with Crippen molar-refractivity contribution in [1.29, 1.82) is 0 Å². The Morgan fingerprint density at radius 3 is 2.65 bits per heavy atom. The highest BCUT2D eigenvalue weighted by Gasteiger charge is 2.43. The molecule has 0 bridgehead atoms. The molecule has 5 rings (SSSR count). The fourth-order valence-electron chi connectivity index (χ4n) is 5.22. The topological polar surface area (TPSA) is 68.7 Å². The number of aromatic amines is 1. The van der Waals surface area contributed by atoms with Gasteiger partial charge in [-0.05, 0) is 69.0 Å². The molecule has 31 heavy (non-hydrogen) atoms. The number of β-amino-alcohol motifs (C(OH)–C–C–N with tert-alkyl or cyclic N) is 1. The largest absolute Gasteiger partial charge is 0.487 e. The number of hydrogen-bond donors (Lipinski definition) is 3. The molecule has 0 amide bonds. The molecule has 5 heteroatoms. The van der Waals surface area contributed by atoms with E-state index in [1.54, 1.807) is 0 Å². The standard InChI is InChI=1S/C26H32N2O3/c1-16-4-5-22-19(10-16)21(14-27-22)24(30)15-28-8-6-26(7-9-28)13-23(29)20-11-17(2)18(3)12-25(20)31-26/h4-5,10-12,14,23-24,27,29-30H,6-9,13,15H2,1-3H3. The summed E-state index contributed by atoms with van der Waals surface area (Å²) in [5.41, 5.74) is 6.20. The van der Waals surface area contributed by atoms with Crippen LogP contribution in [0.1, 0.15) is 59.3 Å². The van der Waals surface area contributed by atoms with Gasteiger partial charge in [0.2, 0.25) is 0 Å².